The van der Waals surface area contributed by atoms with Crippen molar-refractivity contribution in [3.63, 3.8) is 0 Å². The second kappa shape index (κ2) is 8.63. The average Bonchev–Trinajstić information content (AvgIpc) is 3.19. The van der Waals surface area contributed by atoms with Crippen molar-refractivity contribution < 1.29 is 0 Å². The van der Waals surface area contributed by atoms with Crippen LogP contribution in [0.25, 0.3) is 11.3 Å². The molecule has 2 unspecified atom stereocenters. The van der Waals surface area contributed by atoms with E-state index in [0.29, 0.717) is 33.2 Å². The van der Waals surface area contributed by atoms with Crippen LogP contribution in [-0.2, 0) is 0 Å². The first kappa shape index (κ1) is 20.2. The molecular formula is C20H27Cl2N5. The standard InChI is InChI=1S/C17H18Cl2N4.C3H9N/c18-13-6-2-5-12(15(13)19)16-17(20)22-14(7-21-16)23-8-10-3-1-4-11(10)9-23;1-3(2)4/h2,5-7,10-11H,1,3-4,8-9H2,(H2,20,22);3H,4H2,1-2H3. The van der Waals surface area contributed by atoms with E-state index in [1.807, 2.05) is 26.0 Å². The lowest BCUT2D eigenvalue weighted by Gasteiger charge is -2.19. The highest BCUT2D eigenvalue weighted by molar-refractivity contribution is 6.43. The van der Waals surface area contributed by atoms with Gasteiger partial charge in [-0.2, -0.15) is 0 Å². The van der Waals surface area contributed by atoms with E-state index in [-0.39, 0.29) is 0 Å². The molecule has 2 aliphatic rings. The summed E-state index contributed by atoms with van der Waals surface area (Å²) in [5, 5.41) is 0.945. The van der Waals surface area contributed by atoms with Crippen molar-refractivity contribution in [3.05, 3.63) is 34.4 Å². The number of benzene rings is 1. The van der Waals surface area contributed by atoms with Gasteiger partial charge in [0.25, 0.3) is 0 Å². The summed E-state index contributed by atoms with van der Waals surface area (Å²) in [4.78, 5) is 11.4. The summed E-state index contributed by atoms with van der Waals surface area (Å²) < 4.78 is 0. The van der Waals surface area contributed by atoms with Gasteiger partial charge in [0, 0.05) is 18.7 Å². The number of nitrogens with two attached hydrogens (primary N) is 2. The molecule has 1 aromatic heterocycles. The van der Waals surface area contributed by atoms with Gasteiger partial charge in [0.15, 0.2) is 5.82 Å². The Morgan fingerprint density at radius 3 is 2.37 bits per heavy atom. The predicted molar refractivity (Wildman–Crippen MR) is 114 cm³/mol. The summed E-state index contributed by atoms with van der Waals surface area (Å²) in [6, 6.07) is 5.77. The van der Waals surface area contributed by atoms with Gasteiger partial charge in [-0.1, -0.05) is 55.6 Å². The van der Waals surface area contributed by atoms with Crippen LogP contribution in [0.2, 0.25) is 10.0 Å². The number of nitrogen functional groups attached to an aromatic ring is 1. The second-order valence-electron chi connectivity index (χ2n) is 7.66. The minimum absolute atomic E-state index is 0.333. The monoisotopic (exact) mass is 407 g/mol. The fraction of sp³-hybridized carbons (Fsp3) is 0.500. The van der Waals surface area contributed by atoms with Crippen LogP contribution in [-0.4, -0.2) is 29.1 Å². The second-order valence-corrected chi connectivity index (χ2v) is 8.45. The molecule has 5 nitrogen and oxygen atoms in total. The largest absolute Gasteiger partial charge is 0.382 e. The van der Waals surface area contributed by atoms with Crippen molar-refractivity contribution in [1.82, 2.24) is 9.97 Å². The van der Waals surface area contributed by atoms with Gasteiger partial charge in [-0.3, -0.25) is 0 Å². The molecule has 0 spiro atoms. The van der Waals surface area contributed by atoms with Gasteiger partial charge in [0.05, 0.1) is 16.2 Å². The normalized spacial score (nSPS) is 21.2. The molecule has 146 valence electrons. The Labute approximate surface area is 171 Å². The molecule has 1 aliphatic carbocycles. The van der Waals surface area contributed by atoms with Gasteiger partial charge in [-0.25, -0.2) is 9.97 Å². The van der Waals surface area contributed by atoms with E-state index in [4.69, 9.17) is 34.7 Å². The quantitative estimate of drug-likeness (QED) is 0.758. The third kappa shape index (κ3) is 4.65. The minimum atomic E-state index is 0.333. The number of anilines is 2. The third-order valence-corrected chi connectivity index (χ3v) is 5.86. The van der Waals surface area contributed by atoms with E-state index in [1.165, 1.54) is 19.3 Å². The predicted octanol–water partition coefficient (Wildman–Crippen LogP) is 4.62. The molecule has 1 saturated heterocycles. The van der Waals surface area contributed by atoms with Crippen molar-refractivity contribution >= 4 is 34.8 Å². The molecule has 2 atom stereocenters. The van der Waals surface area contributed by atoms with Crippen molar-refractivity contribution in [3.8, 4) is 11.3 Å². The Kier molecular flexibility index (Phi) is 6.45. The number of aromatic nitrogens is 2. The van der Waals surface area contributed by atoms with Gasteiger partial charge in [-0.05, 0) is 36.8 Å². The molecule has 2 aromatic rings. The van der Waals surface area contributed by atoms with Gasteiger partial charge < -0.3 is 16.4 Å². The molecule has 1 aromatic carbocycles. The number of hydrogen-bond donors (Lipinski definition) is 2. The van der Waals surface area contributed by atoms with Crippen LogP contribution in [0.1, 0.15) is 33.1 Å². The summed E-state index contributed by atoms with van der Waals surface area (Å²) in [5.74, 6) is 2.86. The highest BCUT2D eigenvalue weighted by Gasteiger charge is 2.36. The summed E-state index contributed by atoms with van der Waals surface area (Å²) >= 11 is 12.3. The van der Waals surface area contributed by atoms with Gasteiger partial charge >= 0.3 is 0 Å². The number of halogens is 2. The molecule has 7 heteroatoms. The Morgan fingerprint density at radius 2 is 1.78 bits per heavy atom. The van der Waals surface area contributed by atoms with Gasteiger partial charge in [-0.15, -0.1) is 0 Å². The highest BCUT2D eigenvalue weighted by atomic mass is 35.5. The maximum absolute atomic E-state index is 6.27. The molecule has 4 rings (SSSR count). The van der Waals surface area contributed by atoms with E-state index in [0.717, 1.165) is 30.7 Å². The first-order chi connectivity index (χ1) is 12.9. The highest BCUT2D eigenvalue weighted by Crippen LogP contribution is 2.40. The molecule has 0 radical (unpaired) electrons. The topological polar surface area (TPSA) is 81.1 Å². The fourth-order valence-electron chi connectivity index (χ4n) is 3.86. The van der Waals surface area contributed by atoms with Crippen LogP contribution < -0.4 is 16.4 Å². The van der Waals surface area contributed by atoms with E-state index >= 15 is 0 Å². The van der Waals surface area contributed by atoms with E-state index in [1.54, 1.807) is 12.3 Å². The van der Waals surface area contributed by atoms with Crippen LogP contribution in [0, 0.1) is 11.8 Å². The summed E-state index contributed by atoms with van der Waals surface area (Å²) in [7, 11) is 0. The van der Waals surface area contributed by atoms with E-state index < -0.39 is 0 Å². The SMILES string of the molecule is CC(C)N.Nc1nc(N2CC3CCCC3C2)cnc1-c1cccc(Cl)c1Cl. The molecule has 2 fully saturated rings. The lowest BCUT2D eigenvalue weighted by molar-refractivity contribution is 0.494. The van der Waals surface area contributed by atoms with Crippen LogP contribution in [0.5, 0.6) is 0 Å². The zero-order valence-corrected chi connectivity index (χ0v) is 17.3. The molecule has 27 heavy (non-hydrogen) atoms. The zero-order valence-electron chi connectivity index (χ0n) is 15.8. The lowest BCUT2D eigenvalue weighted by atomic mass is 10.0. The minimum Gasteiger partial charge on any atom is -0.382 e. The fourth-order valence-corrected chi connectivity index (χ4v) is 4.25. The number of fused-ring (bicyclic) bond motifs is 1. The first-order valence-electron chi connectivity index (χ1n) is 9.44. The molecule has 1 aliphatic heterocycles. The Hall–Kier alpha value is -1.56. The van der Waals surface area contributed by atoms with Crippen molar-refractivity contribution in [1.29, 1.82) is 0 Å². The molecule has 4 N–H and O–H groups in total. The Bertz CT molecular complexity index is 781. The van der Waals surface area contributed by atoms with Crippen molar-refractivity contribution in [2.45, 2.75) is 39.2 Å². The Morgan fingerprint density at radius 1 is 1.15 bits per heavy atom. The molecule has 1 saturated carbocycles. The van der Waals surface area contributed by atoms with Crippen LogP contribution >= 0.6 is 23.2 Å². The van der Waals surface area contributed by atoms with Crippen molar-refractivity contribution in [2.24, 2.45) is 17.6 Å². The smallest absolute Gasteiger partial charge is 0.152 e. The number of nitrogens with zero attached hydrogens (tertiary/aromatic N) is 3. The lowest BCUT2D eigenvalue weighted by Crippen LogP contribution is -2.22. The van der Waals surface area contributed by atoms with Gasteiger partial charge in [0.1, 0.15) is 11.5 Å². The number of rotatable bonds is 2. The van der Waals surface area contributed by atoms with Crippen LogP contribution in [0.4, 0.5) is 11.6 Å². The molecular weight excluding hydrogens is 381 g/mol. The zero-order chi connectivity index (χ0) is 19.6. The summed E-state index contributed by atoms with van der Waals surface area (Å²) in [6.07, 6.45) is 5.83. The Balaban J connectivity index is 0.000000481. The van der Waals surface area contributed by atoms with E-state index in [2.05, 4.69) is 14.9 Å². The van der Waals surface area contributed by atoms with Crippen molar-refractivity contribution in [2.75, 3.05) is 23.7 Å². The van der Waals surface area contributed by atoms with Crippen LogP contribution in [0.15, 0.2) is 24.4 Å². The molecule has 0 bridgehead atoms. The van der Waals surface area contributed by atoms with Gasteiger partial charge in [0.2, 0.25) is 0 Å². The molecule has 0 amide bonds. The van der Waals surface area contributed by atoms with E-state index in [9.17, 15) is 0 Å². The summed E-state index contributed by atoms with van der Waals surface area (Å²) in [5.41, 5.74) is 12.6. The maximum Gasteiger partial charge on any atom is 0.152 e. The van der Waals surface area contributed by atoms with Crippen LogP contribution in [0.3, 0.4) is 0 Å². The summed E-state index contributed by atoms with van der Waals surface area (Å²) in [6.45, 7) is 6.02. The maximum atomic E-state index is 6.27. The average molecular weight is 408 g/mol. The third-order valence-electron chi connectivity index (χ3n) is 5.04. The number of hydrogen-bond acceptors (Lipinski definition) is 5. The molecule has 2 heterocycles. The first-order valence-corrected chi connectivity index (χ1v) is 10.2.